The number of aromatic nitrogens is 3. The molecule has 0 spiro atoms. The number of methoxy groups -OCH3 is 1. The fourth-order valence-electron chi connectivity index (χ4n) is 1.86. The minimum absolute atomic E-state index is 0.508. The molecular weight excluding hydrogens is 288 g/mol. The van der Waals surface area contributed by atoms with Gasteiger partial charge in [-0.2, -0.15) is 0 Å². The van der Waals surface area contributed by atoms with E-state index in [1.54, 1.807) is 25.5 Å². The predicted octanol–water partition coefficient (Wildman–Crippen LogP) is 2.55. The topological polar surface area (TPSA) is 79.1 Å². The van der Waals surface area contributed by atoms with E-state index >= 15 is 0 Å². The monoisotopic (exact) mass is 302 g/mol. The number of thioether (sulfide) groups is 1. The number of benzene rings is 1. The molecule has 1 aromatic carbocycles. The highest BCUT2D eigenvalue weighted by Crippen LogP contribution is 2.25. The lowest BCUT2D eigenvalue weighted by atomic mass is 10.2. The van der Waals surface area contributed by atoms with Gasteiger partial charge in [0.1, 0.15) is 5.75 Å². The van der Waals surface area contributed by atoms with Gasteiger partial charge in [-0.05, 0) is 29.8 Å². The maximum Gasteiger partial charge on any atom is 0.218 e. The summed E-state index contributed by atoms with van der Waals surface area (Å²) in [7, 11) is 1.65. The first-order valence-corrected chi connectivity index (χ1v) is 7.26. The molecule has 0 bridgehead atoms. The summed E-state index contributed by atoms with van der Waals surface area (Å²) in [5.41, 5.74) is 1.13. The van der Waals surface area contributed by atoms with Crippen LogP contribution in [-0.4, -0.2) is 22.0 Å². The predicted molar refractivity (Wildman–Crippen MR) is 80.4 cm³/mol. The Labute approximate surface area is 125 Å². The van der Waals surface area contributed by atoms with E-state index < -0.39 is 0 Å². The van der Waals surface area contributed by atoms with E-state index in [0.717, 1.165) is 17.1 Å². The molecule has 3 rings (SSSR count). The Hall–Kier alpha value is -2.41. The highest BCUT2D eigenvalue weighted by Gasteiger charge is 2.14. The van der Waals surface area contributed by atoms with Crippen molar-refractivity contribution in [1.82, 2.24) is 14.9 Å². The average molecular weight is 302 g/mol. The normalized spacial score (nSPS) is 10.7. The zero-order valence-electron chi connectivity index (χ0n) is 11.4. The Kier molecular flexibility index (Phi) is 3.83. The summed E-state index contributed by atoms with van der Waals surface area (Å²) < 4.78 is 11.9. The first-order chi connectivity index (χ1) is 10.3. The van der Waals surface area contributed by atoms with Gasteiger partial charge in [-0.3, -0.25) is 0 Å². The fraction of sp³-hybridized carbons (Fsp3) is 0.143. The van der Waals surface area contributed by atoms with Crippen LogP contribution in [0.3, 0.4) is 0 Å². The molecule has 2 heterocycles. The number of nitrogens with two attached hydrogens (primary N) is 1. The molecule has 0 radical (unpaired) electrons. The van der Waals surface area contributed by atoms with Crippen molar-refractivity contribution in [1.29, 1.82) is 0 Å². The van der Waals surface area contributed by atoms with Gasteiger partial charge in [0.25, 0.3) is 0 Å². The van der Waals surface area contributed by atoms with Gasteiger partial charge < -0.3 is 15.0 Å². The molecule has 0 aliphatic heterocycles. The summed E-state index contributed by atoms with van der Waals surface area (Å²) in [4.78, 5) is 0. The molecule has 0 atom stereocenters. The average Bonchev–Trinajstić information content (AvgIpc) is 3.15. The number of hydrogen-bond donors (Lipinski definition) is 1. The van der Waals surface area contributed by atoms with E-state index in [-0.39, 0.29) is 0 Å². The molecule has 0 saturated heterocycles. The molecule has 2 N–H and O–H groups in total. The summed E-state index contributed by atoms with van der Waals surface area (Å²) in [5, 5.41) is 8.77. The van der Waals surface area contributed by atoms with Crippen molar-refractivity contribution < 1.29 is 9.15 Å². The standard InChI is InChI=1S/C14H14N4O2S/c1-19-11-5-2-4-10(8-11)9-21-14-17-16-13(18(14)15)12-6-3-7-20-12/h2-8H,9,15H2,1H3. The summed E-state index contributed by atoms with van der Waals surface area (Å²) in [6.45, 7) is 0. The SMILES string of the molecule is COc1cccc(CSc2nnc(-c3ccco3)n2N)c1. The van der Waals surface area contributed by atoms with E-state index in [4.69, 9.17) is 15.0 Å². The number of rotatable bonds is 5. The minimum atomic E-state index is 0.508. The molecule has 0 unspecified atom stereocenters. The quantitative estimate of drug-likeness (QED) is 0.576. The third-order valence-electron chi connectivity index (χ3n) is 2.91. The smallest absolute Gasteiger partial charge is 0.218 e. The zero-order chi connectivity index (χ0) is 14.7. The molecule has 108 valence electrons. The van der Waals surface area contributed by atoms with Crippen molar-refractivity contribution in [3.63, 3.8) is 0 Å². The minimum Gasteiger partial charge on any atom is -0.497 e. The van der Waals surface area contributed by atoms with Crippen LogP contribution in [-0.2, 0) is 5.75 Å². The van der Waals surface area contributed by atoms with Crippen LogP contribution >= 0.6 is 11.8 Å². The lowest BCUT2D eigenvalue weighted by Crippen LogP contribution is -2.11. The molecule has 3 aromatic rings. The molecule has 6 nitrogen and oxygen atoms in total. The third-order valence-corrected chi connectivity index (χ3v) is 3.92. The number of ether oxygens (including phenoxy) is 1. The van der Waals surface area contributed by atoms with Gasteiger partial charge in [0.2, 0.25) is 11.0 Å². The summed E-state index contributed by atoms with van der Waals surface area (Å²) in [6, 6.07) is 11.5. The van der Waals surface area contributed by atoms with E-state index in [0.29, 0.717) is 16.7 Å². The van der Waals surface area contributed by atoms with Crippen LogP contribution in [0.4, 0.5) is 0 Å². The van der Waals surface area contributed by atoms with Crippen molar-refractivity contribution in [2.75, 3.05) is 13.0 Å². The van der Waals surface area contributed by atoms with Crippen molar-refractivity contribution in [3.05, 3.63) is 48.2 Å². The number of hydrogen-bond acceptors (Lipinski definition) is 6. The molecule has 7 heteroatoms. The van der Waals surface area contributed by atoms with Crippen molar-refractivity contribution in [3.8, 4) is 17.3 Å². The Morgan fingerprint density at radius 1 is 1.29 bits per heavy atom. The highest BCUT2D eigenvalue weighted by atomic mass is 32.2. The highest BCUT2D eigenvalue weighted by molar-refractivity contribution is 7.98. The van der Waals surface area contributed by atoms with E-state index in [1.807, 2.05) is 24.3 Å². The van der Waals surface area contributed by atoms with Gasteiger partial charge in [-0.25, -0.2) is 4.68 Å². The number of nitrogen functional groups attached to an aromatic ring is 1. The van der Waals surface area contributed by atoms with E-state index in [9.17, 15) is 0 Å². The molecule has 0 aliphatic carbocycles. The molecule has 2 aromatic heterocycles. The summed E-state index contributed by atoms with van der Waals surface area (Å²) in [5.74, 6) is 8.66. The van der Waals surface area contributed by atoms with Gasteiger partial charge in [-0.15, -0.1) is 10.2 Å². The second-order valence-electron chi connectivity index (χ2n) is 4.29. The summed E-state index contributed by atoms with van der Waals surface area (Å²) in [6.07, 6.45) is 1.58. The Morgan fingerprint density at radius 2 is 2.19 bits per heavy atom. The second kappa shape index (κ2) is 5.92. The molecule has 0 aliphatic rings. The van der Waals surface area contributed by atoms with Crippen molar-refractivity contribution in [2.24, 2.45) is 0 Å². The number of furan rings is 1. The first kappa shape index (κ1) is 13.6. The van der Waals surface area contributed by atoms with Crippen molar-refractivity contribution >= 4 is 11.8 Å². The van der Waals surface area contributed by atoms with Crippen LogP contribution in [0.5, 0.6) is 5.75 Å². The maximum absolute atomic E-state index is 6.00. The Bertz CT molecular complexity index is 724. The molecule has 21 heavy (non-hydrogen) atoms. The van der Waals surface area contributed by atoms with Gasteiger partial charge in [0.15, 0.2) is 5.76 Å². The van der Waals surface area contributed by atoms with Crippen LogP contribution in [0.25, 0.3) is 11.6 Å². The molecule has 0 saturated carbocycles. The molecule has 0 amide bonds. The molecular formula is C14H14N4O2S. The Morgan fingerprint density at radius 3 is 2.95 bits per heavy atom. The van der Waals surface area contributed by atoms with Crippen LogP contribution in [0.1, 0.15) is 5.56 Å². The summed E-state index contributed by atoms with van der Waals surface area (Å²) >= 11 is 1.50. The van der Waals surface area contributed by atoms with Crippen LogP contribution < -0.4 is 10.6 Å². The molecule has 0 fully saturated rings. The first-order valence-electron chi connectivity index (χ1n) is 6.28. The van der Waals surface area contributed by atoms with Crippen LogP contribution in [0.15, 0.2) is 52.2 Å². The van der Waals surface area contributed by atoms with Gasteiger partial charge in [0.05, 0.1) is 13.4 Å². The van der Waals surface area contributed by atoms with Gasteiger partial charge in [-0.1, -0.05) is 23.9 Å². The fourth-order valence-corrected chi connectivity index (χ4v) is 2.66. The zero-order valence-corrected chi connectivity index (χ0v) is 12.2. The van der Waals surface area contributed by atoms with Crippen molar-refractivity contribution in [2.45, 2.75) is 10.9 Å². The lowest BCUT2D eigenvalue weighted by Gasteiger charge is -2.04. The largest absolute Gasteiger partial charge is 0.497 e. The lowest BCUT2D eigenvalue weighted by molar-refractivity contribution is 0.414. The Balaban J connectivity index is 1.74. The second-order valence-corrected chi connectivity index (χ2v) is 5.24. The van der Waals surface area contributed by atoms with Gasteiger partial charge in [0, 0.05) is 5.75 Å². The van der Waals surface area contributed by atoms with Crippen LogP contribution in [0, 0.1) is 0 Å². The van der Waals surface area contributed by atoms with E-state index in [2.05, 4.69) is 10.2 Å². The maximum atomic E-state index is 6.00. The van der Waals surface area contributed by atoms with Gasteiger partial charge >= 0.3 is 0 Å². The third kappa shape index (κ3) is 2.87. The van der Waals surface area contributed by atoms with Crippen LogP contribution in [0.2, 0.25) is 0 Å². The number of nitrogens with zero attached hydrogens (tertiary/aromatic N) is 3. The van der Waals surface area contributed by atoms with E-state index in [1.165, 1.54) is 16.4 Å².